The number of thiophene rings is 1. The summed E-state index contributed by atoms with van der Waals surface area (Å²) in [5, 5.41) is 5.25. The van der Waals surface area contributed by atoms with E-state index in [9.17, 15) is 8.42 Å². The van der Waals surface area contributed by atoms with Gasteiger partial charge in [0.1, 0.15) is 4.21 Å². The Balaban J connectivity index is 2.15. The van der Waals surface area contributed by atoms with Crippen molar-refractivity contribution in [1.29, 1.82) is 0 Å². The molecule has 0 saturated carbocycles. The molecular formula is C14H24N2O2S2. The van der Waals surface area contributed by atoms with E-state index in [1.54, 1.807) is 16.4 Å². The first-order chi connectivity index (χ1) is 9.31. The highest BCUT2D eigenvalue weighted by molar-refractivity contribution is 7.91. The Morgan fingerprint density at radius 3 is 2.75 bits per heavy atom. The summed E-state index contributed by atoms with van der Waals surface area (Å²) >= 11 is 1.30. The highest BCUT2D eigenvalue weighted by Crippen LogP contribution is 2.27. The zero-order valence-corrected chi connectivity index (χ0v) is 14.1. The monoisotopic (exact) mass is 316 g/mol. The molecule has 1 aliphatic heterocycles. The minimum atomic E-state index is -3.32. The van der Waals surface area contributed by atoms with Crippen molar-refractivity contribution in [3.63, 3.8) is 0 Å². The molecule has 1 aromatic heterocycles. The van der Waals surface area contributed by atoms with Gasteiger partial charge in [0, 0.05) is 24.7 Å². The molecule has 0 aromatic carbocycles. The van der Waals surface area contributed by atoms with Gasteiger partial charge in [-0.3, -0.25) is 0 Å². The fourth-order valence-corrected chi connectivity index (χ4v) is 5.26. The molecule has 20 heavy (non-hydrogen) atoms. The molecule has 1 unspecified atom stereocenters. The number of sulfonamides is 1. The van der Waals surface area contributed by atoms with Gasteiger partial charge in [-0.05, 0) is 45.1 Å². The summed E-state index contributed by atoms with van der Waals surface area (Å²) in [6, 6.07) is 3.56. The molecule has 1 N–H and O–H groups in total. The van der Waals surface area contributed by atoms with Gasteiger partial charge in [-0.2, -0.15) is 4.31 Å². The largest absolute Gasteiger partial charge is 0.310 e. The Labute approximate surface area is 126 Å². The van der Waals surface area contributed by atoms with Crippen molar-refractivity contribution in [3.05, 3.63) is 17.5 Å². The molecule has 1 aliphatic rings. The molecule has 1 atom stereocenters. The highest BCUT2D eigenvalue weighted by atomic mass is 32.2. The number of nitrogens with zero attached hydrogens (tertiary/aromatic N) is 1. The van der Waals surface area contributed by atoms with E-state index in [1.807, 2.05) is 5.38 Å². The molecular weight excluding hydrogens is 292 g/mol. The third-order valence-corrected chi connectivity index (χ3v) is 6.82. The van der Waals surface area contributed by atoms with E-state index in [4.69, 9.17) is 0 Å². The predicted octanol–water partition coefficient (Wildman–Crippen LogP) is 2.68. The third kappa shape index (κ3) is 3.81. The third-order valence-electron chi connectivity index (χ3n) is 3.50. The summed E-state index contributed by atoms with van der Waals surface area (Å²) < 4.78 is 27.5. The Morgan fingerprint density at radius 1 is 1.40 bits per heavy atom. The quantitative estimate of drug-likeness (QED) is 0.929. The number of rotatable bonds is 4. The van der Waals surface area contributed by atoms with Crippen LogP contribution < -0.4 is 5.32 Å². The Bertz CT molecular complexity index is 518. The smallest absolute Gasteiger partial charge is 0.252 e. The van der Waals surface area contributed by atoms with Crippen LogP contribution in [0.5, 0.6) is 0 Å². The van der Waals surface area contributed by atoms with Crippen LogP contribution in [0.25, 0.3) is 0 Å². The molecule has 2 heterocycles. The maximum Gasteiger partial charge on any atom is 0.252 e. The molecule has 0 spiro atoms. The van der Waals surface area contributed by atoms with Gasteiger partial charge < -0.3 is 5.32 Å². The van der Waals surface area contributed by atoms with Crippen LogP contribution in [0.15, 0.2) is 21.7 Å². The van der Waals surface area contributed by atoms with Gasteiger partial charge in [-0.15, -0.1) is 11.3 Å². The number of nitrogens with one attached hydrogen (secondary N) is 1. The lowest BCUT2D eigenvalue weighted by atomic mass is 10.0. The van der Waals surface area contributed by atoms with E-state index in [0.29, 0.717) is 17.3 Å². The van der Waals surface area contributed by atoms with Crippen LogP contribution in [0.1, 0.15) is 40.0 Å². The van der Waals surface area contributed by atoms with E-state index in [0.717, 1.165) is 19.3 Å². The molecule has 0 bridgehead atoms. The number of hydrogen-bond donors (Lipinski definition) is 1. The summed E-state index contributed by atoms with van der Waals surface area (Å²) in [6.07, 6.45) is 3.00. The van der Waals surface area contributed by atoms with Crippen LogP contribution in [0, 0.1) is 0 Å². The van der Waals surface area contributed by atoms with Crippen molar-refractivity contribution in [2.45, 2.75) is 55.8 Å². The van der Waals surface area contributed by atoms with E-state index in [2.05, 4.69) is 26.1 Å². The lowest BCUT2D eigenvalue weighted by Crippen LogP contribution is -2.51. The maximum absolute atomic E-state index is 12.7. The zero-order chi connectivity index (χ0) is 14.8. The predicted molar refractivity (Wildman–Crippen MR) is 83.6 cm³/mol. The van der Waals surface area contributed by atoms with Crippen LogP contribution in [0.3, 0.4) is 0 Å². The summed E-state index contributed by atoms with van der Waals surface area (Å²) in [5.41, 5.74) is 0.00973. The van der Waals surface area contributed by atoms with Crippen molar-refractivity contribution < 1.29 is 8.42 Å². The molecule has 4 nitrogen and oxygen atoms in total. The van der Waals surface area contributed by atoms with Gasteiger partial charge >= 0.3 is 0 Å². The summed E-state index contributed by atoms with van der Waals surface area (Å²) in [7, 11) is -3.32. The average Bonchev–Trinajstić information content (AvgIpc) is 2.90. The van der Waals surface area contributed by atoms with Crippen molar-refractivity contribution in [3.8, 4) is 0 Å². The van der Waals surface area contributed by atoms with E-state index >= 15 is 0 Å². The Hall–Kier alpha value is -0.430. The molecule has 6 heteroatoms. The van der Waals surface area contributed by atoms with Gasteiger partial charge in [0.2, 0.25) is 0 Å². The second-order valence-corrected chi connectivity index (χ2v) is 9.39. The van der Waals surface area contributed by atoms with Gasteiger partial charge in [0.25, 0.3) is 10.0 Å². The topological polar surface area (TPSA) is 49.4 Å². The molecule has 1 saturated heterocycles. The molecule has 2 rings (SSSR count). The Morgan fingerprint density at radius 2 is 2.15 bits per heavy atom. The fraction of sp³-hybridized carbons (Fsp3) is 0.714. The van der Waals surface area contributed by atoms with Crippen molar-refractivity contribution in [2.75, 3.05) is 13.1 Å². The van der Waals surface area contributed by atoms with E-state index in [1.165, 1.54) is 11.3 Å². The first-order valence-corrected chi connectivity index (χ1v) is 9.43. The molecule has 0 amide bonds. The van der Waals surface area contributed by atoms with Crippen molar-refractivity contribution >= 4 is 21.4 Å². The molecule has 1 fully saturated rings. The van der Waals surface area contributed by atoms with Gasteiger partial charge in [0.15, 0.2) is 0 Å². The Kier molecular flexibility index (Phi) is 4.89. The van der Waals surface area contributed by atoms with Crippen LogP contribution >= 0.6 is 11.3 Å². The number of hydrogen-bond acceptors (Lipinski definition) is 4. The van der Waals surface area contributed by atoms with Crippen LogP contribution in [-0.4, -0.2) is 37.4 Å². The first-order valence-electron chi connectivity index (χ1n) is 7.11. The molecule has 0 aliphatic carbocycles. The summed E-state index contributed by atoms with van der Waals surface area (Å²) in [6.45, 7) is 7.67. The van der Waals surface area contributed by atoms with Crippen LogP contribution in [0.4, 0.5) is 0 Å². The maximum atomic E-state index is 12.7. The fourth-order valence-electron chi connectivity index (χ4n) is 2.44. The normalized spacial score (nSPS) is 22.1. The second kappa shape index (κ2) is 6.13. The van der Waals surface area contributed by atoms with Crippen LogP contribution in [-0.2, 0) is 10.0 Å². The second-order valence-electron chi connectivity index (χ2n) is 6.33. The highest BCUT2D eigenvalue weighted by Gasteiger charge is 2.34. The van der Waals surface area contributed by atoms with Gasteiger partial charge in [-0.25, -0.2) is 8.42 Å². The lowest BCUT2D eigenvalue weighted by molar-refractivity contribution is 0.231. The molecule has 0 radical (unpaired) electrons. The molecule has 114 valence electrons. The average molecular weight is 316 g/mol. The summed E-state index contributed by atoms with van der Waals surface area (Å²) in [5.74, 6) is 0. The van der Waals surface area contributed by atoms with Crippen molar-refractivity contribution in [2.24, 2.45) is 0 Å². The number of piperidine rings is 1. The van der Waals surface area contributed by atoms with E-state index in [-0.39, 0.29) is 11.6 Å². The van der Waals surface area contributed by atoms with Gasteiger partial charge in [-0.1, -0.05) is 12.5 Å². The summed E-state index contributed by atoms with van der Waals surface area (Å²) in [4.78, 5) is 0. The van der Waals surface area contributed by atoms with Crippen molar-refractivity contribution in [1.82, 2.24) is 9.62 Å². The zero-order valence-electron chi connectivity index (χ0n) is 12.4. The van der Waals surface area contributed by atoms with E-state index < -0.39 is 10.0 Å². The minimum Gasteiger partial charge on any atom is -0.310 e. The lowest BCUT2D eigenvalue weighted by Gasteiger charge is -2.36. The first kappa shape index (κ1) is 15.9. The molecule has 1 aromatic rings. The minimum absolute atomic E-state index is 0.00973. The van der Waals surface area contributed by atoms with Gasteiger partial charge in [0.05, 0.1) is 0 Å². The van der Waals surface area contributed by atoms with Crippen LogP contribution in [0.2, 0.25) is 0 Å². The SMILES string of the molecule is CC(C)(C)NCC1CCCCN1S(=O)(=O)c1cccs1. The standard InChI is InChI=1S/C14H24N2O2S2/c1-14(2,3)15-11-12-7-4-5-9-16(12)20(17,18)13-8-6-10-19-13/h6,8,10,12,15H,4-5,7,9,11H2,1-3H3.